The zero-order valence-corrected chi connectivity index (χ0v) is 20.0. The van der Waals surface area contributed by atoms with Gasteiger partial charge in [-0.05, 0) is 48.1 Å². The van der Waals surface area contributed by atoms with Crippen molar-refractivity contribution in [3.63, 3.8) is 0 Å². The van der Waals surface area contributed by atoms with Crippen LogP contribution in [0.3, 0.4) is 0 Å². The standard InChI is InChI=1S/C26H31FN2O4S/c27-22-12-10-19(11-13-22)5-3-1-2-4-14-28-23(30)17-29-24(31)16-25(29)34-18-21-8-6-20(7-9-21)15-26(32)33/h6-13,25H,1-5,14-18H2,(H,28,30)(H,32,33). The Hall–Kier alpha value is -2.87. The van der Waals surface area contributed by atoms with Gasteiger partial charge in [-0.25, -0.2) is 4.39 Å². The van der Waals surface area contributed by atoms with Crippen molar-refractivity contribution in [1.29, 1.82) is 0 Å². The molecule has 1 aliphatic rings. The second-order valence-corrected chi connectivity index (χ2v) is 9.69. The van der Waals surface area contributed by atoms with Crippen LogP contribution < -0.4 is 5.32 Å². The van der Waals surface area contributed by atoms with E-state index in [0.29, 0.717) is 18.7 Å². The van der Waals surface area contributed by atoms with E-state index in [-0.39, 0.29) is 36.0 Å². The Bertz CT molecular complexity index is 966. The number of aliphatic carboxylic acids is 1. The minimum Gasteiger partial charge on any atom is -0.481 e. The number of hydrogen-bond acceptors (Lipinski definition) is 4. The molecule has 0 aromatic heterocycles. The molecular formula is C26H31FN2O4S. The van der Waals surface area contributed by atoms with Crippen LogP contribution in [0.1, 0.15) is 48.8 Å². The number of unbranched alkanes of at least 4 members (excludes halogenated alkanes) is 3. The summed E-state index contributed by atoms with van der Waals surface area (Å²) in [7, 11) is 0. The molecule has 2 N–H and O–H groups in total. The highest BCUT2D eigenvalue weighted by Gasteiger charge is 2.37. The van der Waals surface area contributed by atoms with Gasteiger partial charge in [0, 0.05) is 12.3 Å². The van der Waals surface area contributed by atoms with Gasteiger partial charge in [-0.15, -0.1) is 11.8 Å². The van der Waals surface area contributed by atoms with Crippen LogP contribution in [0.2, 0.25) is 0 Å². The van der Waals surface area contributed by atoms with E-state index in [2.05, 4.69) is 5.32 Å². The van der Waals surface area contributed by atoms with Crippen molar-refractivity contribution in [2.45, 2.75) is 56.1 Å². The number of hydrogen-bond donors (Lipinski definition) is 2. The molecule has 1 saturated heterocycles. The van der Waals surface area contributed by atoms with Crippen molar-refractivity contribution in [3.8, 4) is 0 Å². The van der Waals surface area contributed by atoms with Gasteiger partial charge in [0.05, 0.1) is 18.2 Å². The summed E-state index contributed by atoms with van der Waals surface area (Å²) in [5.41, 5.74) is 2.95. The fourth-order valence-electron chi connectivity index (χ4n) is 3.78. The average molecular weight is 487 g/mol. The second-order valence-electron chi connectivity index (χ2n) is 8.52. The highest BCUT2D eigenvalue weighted by atomic mass is 32.2. The zero-order chi connectivity index (χ0) is 24.3. The predicted molar refractivity (Wildman–Crippen MR) is 131 cm³/mol. The van der Waals surface area contributed by atoms with Crippen molar-refractivity contribution in [3.05, 3.63) is 71.0 Å². The van der Waals surface area contributed by atoms with Gasteiger partial charge in [0.1, 0.15) is 12.4 Å². The maximum atomic E-state index is 12.9. The van der Waals surface area contributed by atoms with Crippen molar-refractivity contribution < 1.29 is 23.9 Å². The van der Waals surface area contributed by atoms with Crippen molar-refractivity contribution >= 4 is 29.5 Å². The molecule has 8 heteroatoms. The number of carboxylic acid groups (broad SMARTS) is 1. The first kappa shape index (κ1) is 25.7. The lowest BCUT2D eigenvalue weighted by Gasteiger charge is -2.39. The third-order valence-corrected chi connectivity index (χ3v) is 7.09. The first-order chi connectivity index (χ1) is 16.4. The summed E-state index contributed by atoms with van der Waals surface area (Å²) in [5.74, 6) is -0.519. The SMILES string of the molecule is O=C(O)Cc1ccc(CSC2CC(=O)N2CC(=O)NCCCCCCc2ccc(F)cc2)cc1. The van der Waals surface area contributed by atoms with Crippen LogP contribution in [0.25, 0.3) is 0 Å². The molecule has 1 unspecified atom stereocenters. The van der Waals surface area contributed by atoms with Crippen LogP contribution in [-0.4, -0.2) is 46.3 Å². The third kappa shape index (κ3) is 8.48. The lowest BCUT2D eigenvalue weighted by molar-refractivity contribution is -0.145. The Morgan fingerprint density at radius 2 is 1.62 bits per heavy atom. The van der Waals surface area contributed by atoms with Gasteiger partial charge in [-0.1, -0.05) is 49.2 Å². The molecule has 0 aliphatic carbocycles. The number of carbonyl (C=O) groups is 3. The van der Waals surface area contributed by atoms with Crippen LogP contribution in [0, 0.1) is 5.82 Å². The predicted octanol–water partition coefficient (Wildman–Crippen LogP) is 4.16. The summed E-state index contributed by atoms with van der Waals surface area (Å²) in [6.45, 7) is 0.677. The number of nitrogens with zero attached hydrogens (tertiary/aromatic N) is 1. The summed E-state index contributed by atoms with van der Waals surface area (Å²) in [6, 6.07) is 14.0. The molecule has 1 atom stereocenters. The fourth-order valence-corrected chi connectivity index (χ4v) is 4.99. The highest BCUT2D eigenvalue weighted by Crippen LogP contribution is 2.31. The van der Waals surface area contributed by atoms with E-state index in [1.54, 1.807) is 16.7 Å². The second kappa shape index (κ2) is 13.1. The number of aryl methyl sites for hydroxylation is 1. The number of carbonyl (C=O) groups excluding carboxylic acids is 2. The van der Waals surface area contributed by atoms with Gasteiger partial charge in [0.25, 0.3) is 0 Å². The van der Waals surface area contributed by atoms with Gasteiger partial charge in [-0.3, -0.25) is 14.4 Å². The first-order valence-corrected chi connectivity index (χ1v) is 12.7. The third-order valence-electron chi connectivity index (χ3n) is 5.78. The Labute approximate surface area is 203 Å². The molecule has 1 aliphatic heterocycles. The van der Waals surface area contributed by atoms with E-state index in [4.69, 9.17) is 5.11 Å². The lowest BCUT2D eigenvalue weighted by atomic mass is 10.1. The van der Waals surface area contributed by atoms with Crippen molar-refractivity contribution in [2.24, 2.45) is 0 Å². The normalized spacial score (nSPS) is 15.1. The summed E-state index contributed by atoms with van der Waals surface area (Å²) in [4.78, 5) is 36.6. The van der Waals surface area contributed by atoms with Gasteiger partial charge in [-0.2, -0.15) is 0 Å². The monoisotopic (exact) mass is 486 g/mol. The fraction of sp³-hybridized carbons (Fsp3) is 0.423. The molecule has 34 heavy (non-hydrogen) atoms. The quantitative estimate of drug-likeness (QED) is 0.309. The summed E-state index contributed by atoms with van der Waals surface area (Å²) >= 11 is 1.61. The minimum atomic E-state index is -0.856. The summed E-state index contributed by atoms with van der Waals surface area (Å²) < 4.78 is 12.9. The van der Waals surface area contributed by atoms with Crippen molar-refractivity contribution in [2.75, 3.05) is 13.1 Å². The van der Waals surface area contributed by atoms with E-state index in [1.807, 2.05) is 36.4 Å². The molecule has 0 saturated carbocycles. The summed E-state index contributed by atoms with van der Waals surface area (Å²) in [5, 5.41) is 11.7. The van der Waals surface area contributed by atoms with E-state index in [9.17, 15) is 18.8 Å². The molecule has 2 aromatic carbocycles. The number of nitrogens with one attached hydrogen (secondary N) is 1. The van der Waals surface area contributed by atoms with Gasteiger partial charge in [0.2, 0.25) is 11.8 Å². The van der Waals surface area contributed by atoms with Crippen LogP contribution in [-0.2, 0) is 33.0 Å². The maximum absolute atomic E-state index is 12.9. The lowest BCUT2D eigenvalue weighted by Crippen LogP contribution is -2.54. The molecule has 3 rings (SSSR count). The number of rotatable bonds is 14. The minimum absolute atomic E-state index is 0.00341. The molecule has 1 fully saturated rings. The molecule has 0 spiro atoms. The Balaban J connectivity index is 1.27. The number of carboxylic acids is 1. The molecule has 0 bridgehead atoms. The molecule has 2 amide bonds. The van der Waals surface area contributed by atoms with Crippen LogP contribution in [0.5, 0.6) is 0 Å². The molecule has 6 nitrogen and oxygen atoms in total. The van der Waals surface area contributed by atoms with E-state index < -0.39 is 5.97 Å². The van der Waals surface area contributed by atoms with Gasteiger partial charge >= 0.3 is 5.97 Å². The molecule has 182 valence electrons. The maximum Gasteiger partial charge on any atom is 0.307 e. The Kier molecular flexibility index (Phi) is 9.94. The Morgan fingerprint density at radius 1 is 0.971 bits per heavy atom. The highest BCUT2D eigenvalue weighted by molar-refractivity contribution is 7.99. The van der Waals surface area contributed by atoms with E-state index in [1.165, 1.54) is 12.1 Å². The number of halogens is 1. The number of β-lactam (4-membered cyclic amide) rings is 1. The smallest absolute Gasteiger partial charge is 0.307 e. The molecule has 2 aromatic rings. The van der Waals surface area contributed by atoms with E-state index >= 15 is 0 Å². The van der Waals surface area contributed by atoms with Crippen molar-refractivity contribution in [1.82, 2.24) is 10.2 Å². The first-order valence-electron chi connectivity index (χ1n) is 11.6. The molecule has 0 radical (unpaired) electrons. The van der Waals surface area contributed by atoms with Crippen LogP contribution >= 0.6 is 11.8 Å². The van der Waals surface area contributed by atoms with E-state index in [0.717, 1.165) is 48.8 Å². The average Bonchev–Trinajstić information content (AvgIpc) is 2.81. The number of benzene rings is 2. The zero-order valence-electron chi connectivity index (χ0n) is 19.2. The van der Waals surface area contributed by atoms with Gasteiger partial charge in [0.15, 0.2) is 0 Å². The van der Waals surface area contributed by atoms with Gasteiger partial charge < -0.3 is 15.3 Å². The largest absolute Gasteiger partial charge is 0.481 e. The van der Waals surface area contributed by atoms with Crippen LogP contribution in [0.4, 0.5) is 4.39 Å². The molecule has 1 heterocycles. The summed E-state index contributed by atoms with van der Waals surface area (Å²) in [6.07, 6.45) is 5.34. The number of thioether (sulfide) groups is 1. The topological polar surface area (TPSA) is 86.7 Å². The number of likely N-dealkylation sites (tertiary alicyclic amines) is 1. The van der Waals surface area contributed by atoms with Crippen LogP contribution in [0.15, 0.2) is 48.5 Å². The Morgan fingerprint density at radius 3 is 2.29 bits per heavy atom. The molecular weight excluding hydrogens is 455 g/mol. The number of amides is 2.